The van der Waals surface area contributed by atoms with Crippen LogP contribution in [0.5, 0.6) is 0 Å². The number of nitrogens with zero attached hydrogens (tertiary/aromatic N) is 2. The van der Waals surface area contributed by atoms with E-state index in [-0.39, 0.29) is 11.3 Å². The molecule has 1 aliphatic rings. The molecule has 24 heavy (non-hydrogen) atoms. The van der Waals surface area contributed by atoms with Gasteiger partial charge in [0.05, 0.1) is 12.2 Å². The summed E-state index contributed by atoms with van der Waals surface area (Å²) in [6, 6.07) is 1.86. The van der Waals surface area contributed by atoms with Gasteiger partial charge in [0.2, 0.25) is 0 Å². The van der Waals surface area contributed by atoms with Crippen LogP contribution in [0.1, 0.15) is 67.4 Å². The molecule has 1 amide bonds. The van der Waals surface area contributed by atoms with E-state index in [9.17, 15) is 4.79 Å². The molecule has 2 aromatic heterocycles. The fourth-order valence-corrected chi connectivity index (χ4v) is 3.18. The number of fused-ring (bicyclic) bond motifs is 1. The minimum absolute atomic E-state index is 0.207. The van der Waals surface area contributed by atoms with Gasteiger partial charge in [0.1, 0.15) is 5.76 Å². The Morgan fingerprint density at radius 3 is 2.79 bits per heavy atom. The number of amides is 1. The highest BCUT2D eigenvalue weighted by molar-refractivity contribution is 5.93. The predicted octanol–water partition coefficient (Wildman–Crippen LogP) is 3.31. The maximum absolute atomic E-state index is 12.5. The lowest BCUT2D eigenvalue weighted by Crippen LogP contribution is -2.29. The molecule has 1 N–H and O–H groups in total. The van der Waals surface area contributed by atoms with Crippen LogP contribution in [-0.2, 0) is 25.8 Å². The fourth-order valence-electron chi connectivity index (χ4n) is 3.18. The van der Waals surface area contributed by atoms with Crippen molar-refractivity contribution in [1.82, 2.24) is 15.6 Å². The van der Waals surface area contributed by atoms with Gasteiger partial charge in [-0.25, -0.2) is 0 Å². The number of aryl methyl sites for hydroxylation is 2. The van der Waals surface area contributed by atoms with E-state index in [4.69, 9.17) is 9.05 Å². The molecule has 0 saturated carbocycles. The number of hydrogen-bond acceptors (Lipinski definition) is 5. The van der Waals surface area contributed by atoms with E-state index < -0.39 is 0 Å². The van der Waals surface area contributed by atoms with E-state index in [0.29, 0.717) is 23.9 Å². The molecule has 3 rings (SSSR count). The Kier molecular flexibility index (Phi) is 4.47. The van der Waals surface area contributed by atoms with E-state index in [1.54, 1.807) is 0 Å². The molecule has 0 aliphatic heterocycles. The van der Waals surface area contributed by atoms with Gasteiger partial charge in [-0.05, 0) is 30.6 Å². The molecule has 0 radical (unpaired) electrons. The van der Waals surface area contributed by atoms with Gasteiger partial charge < -0.3 is 14.4 Å². The van der Waals surface area contributed by atoms with Crippen LogP contribution in [0.3, 0.4) is 0 Å². The summed E-state index contributed by atoms with van der Waals surface area (Å²) in [6.07, 6.45) is 3.57. The molecule has 0 aromatic carbocycles. The quantitative estimate of drug-likeness (QED) is 0.929. The van der Waals surface area contributed by atoms with Crippen molar-refractivity contribution in [3.8, 4) is 0 Å². The maximum Gasteiger partial charge on any atom is 0.274 e. The van der Waals surface area contributed by atoms with Crippen LogP contribution in [0.25, 0.3) is 0 Å². The van der Waals surface area contributed by atoms with Crippen molar-refractivity contribution < 1.29 is 13.8 Å². The molecule has 6 nitrogen and oxygen atoms in total. The highest BCUT2D eigenvalue weighted by Crippen LogP contribution is 2.38. The van der Waals surface area contributed by atoms with Crippen LogP contribution in [0.4, 0.5) is 0 Å². The van der Waals surface area contributed by atoms with E-state index >= 15 is 0 Å². The molecule has 130 valence electrons. The molecule has 2 aromatic rings. The summed E-state index contributed by atoms with van der Waals surface area (Å²) in [5, 5.41) is 10.8. The average Bonchev–Trinajstić information content (AvgIpc) is 3.17. The highest BCUT2D eigenvalue weighted by atomic mass is 16.5. The summed E-state index contributed by atoms with van der Waals surface area (Å²) in [5.74, 6) is 1.81. The first-order chi connectivity index (χ1) is 11.4. The van der Waals surface area contributed by atoms with Crippen LogP contribution >= 0.6 is 0 Å². The topological polar surface area (TPSA) is 81.2 Å². The van der Waals surface area contributed by atoms with Crippen LogP contribution in [0, 0.1) is 11.3 Å². The van der Waals surface area contributed by atoms with E-state index in [1.807, 2.05) is 13.0 Å². The molecule has 2 heterocycles. The summed E-state index contributed by atoms with van der Waals surface area (Å²) in [7, 11) is 0. The Morgan fingerprint density at radius 2 is 2.12 bits per heavy atom. The summed E-state index contributed by atoms with van der Waals surface area (Å²) in [6.45, 7) is 9.03. The molecular weight excluding hydrogens is 306 g/mol. The van der Waals surface area contributed by atoms with Gasteiger partial charge >= 0.3 is 0 Å². The van der Waals surface area contributed by atoms with Crippen molar-refractivity contribution >= 4 is 5.91 Å². The Labute approximate surface area is 142 Å². The Morgan fingerprint density at radius 1 is 1.33 bits per heavy atom. The van der Waals surface area contributed by atoms with Crippen LogP contribution < -0.4 is 5.32 Å². The molecule has 0 unspecified atom stereocenters. The lowest BCUT2D eigenvalue weighted by Gasteiger charge is -2.33. The van der Waals surface area contributed by atoms with Crippen LogP contribution in [0.15, 0.2) is 15.1 Å². The summed E-state index contributed by atoms with van der Waals surface area (Å²) in [4.78, 5) is 12.5. The summed E-state index contributed by atoms with van der Waals surface area (Å²) in [5.41, 5.74) is 2.46. The first-order valence-electron chi connectivity index (χ1n) is 8.58. The molecule has 1 atom stereocenters. The molecule has 0 bridgehead atoms. The van der Waals surface area contributed by atoms with Gasteiger partial charge in [0.25, 0.3) is 5.91 Å². The minimum Gasteiger partial charge on any atom is -0.360 e. The second-order valence-corrected chi connectivity index (χ2v) is 7.56. The summed E-state index contributed by atoms with van der Waals surface area (Å²) < 4.78 is 10.6. The van der Waals surface area contributed by atoms with Crippen LogP contribution in [-0.4, -0.2) is 16.2 Å². The van der Waals surface area contributed by atoms with Gasteiger partial charge in [-0.3, -0.25) is 4.79 Å². The van der Waals surface area contributed by atoms with Gasteiger partial charge in [0, 0.05) is 18.1 Å². The van der Waals surface area contributed by atoms with E-state index in [0.717, 1.165) is 42.7 Å². The zero-order chi connectivity index (χ0) is 17.3. The first kappa shape index (κ1) is 16.7. The number of aromatic nitrogens is 2. The third-order valence-electron chi connectivity index (χ3n) is 4.87. The Hall–Kier alpha value is -2.11. The number of carbonyl (C=O) groups is 1. The van der Waals surface area contributed by atoms with Crippen molar-refractivity contribution in [1.29, 1.82) is 0 Å². The second-order valence-electron chi connectivity index (χ2n) is 7.56. The highest BCUT2D eigenvalue weighted by Gasteiger charge is 2.34. The number of rotatable bonds is 4. The molecule has 0 spiro atoms. The first-order valence-corrected chi connectivity index (χ1v) is 8.58. The van der Waals surface area contributed by atoms with Gasteiger partial charge in [-0.2, -0.15) is 0 Å². The van der Waals surface area contributed by atoms with Crippen LogP contribution in [0.2, 0.25) is 0 Å². The number of hydrogen-bond donors (Lipinski definition) is 1. The Bertz CT molecular complexity index is 724. The van der Waals surface area contributed by atoms with Gasteiger partial charge in [-0.15, -0.1) is 0 Å². The predicted molar refractivity (Wildman–Crippen MR) is 88.5 cm³/mol. The second kappa shape index (κ2) is 6.42. The lowest BCUT2D eigenvalue weighted by molar-refractivity contribution is 0.0936. The zero-order valence-corrected chi connectivity index (χ0v) is 14.8. The summed E-state index contributed by atoms with van der Waals surface area (Å²) >= 11 is 0. The Balaban J connectivity index is 1.69. The zero-order valence-electron chi connectivity index (χ0n) is 14.8. The number of carbonyl (C=O) groups excluding carboxylic acids is 1. The van der Waals surface area contributed by atoms with E-state index in [2.05, 4.69) is 36.4 Å². The third kappa shape index (κ3) is 3.37. The number of nitrogens with one attached hydrogen (secondary N) is 1. The SMILES string of the molecule is CCc1cc(CNC(=O)c2noc3c2C[C@H](C(C)(C)C)CC3)on1. The normalized spacial score (nSPS) is 17.6. The molecular formula is C18H25N3O3. The maximum atomic E-state index is 12.5. The molecule has 0 fully saturated rings. The fraction of sp³-hybridized carbons (Fsp3) is 0.611. The molecule has 6 heteroatoms. The van der Waals surface area contributed by atoms with E-state index in [1.165, 1.54) is 0 Å². The largest absolute Gasteiger partial charge is 0.360 e. The van der Waals surface area contributed by atoms with Gasteiger partial charge in [0.15, 0.2) is 11.5 Å². The third-order valence-corrected chi connectivity index (χ3v) is 4.87. The standard InChI is InChI=1S/C18H25N3O3/c1-5-12-9-13(23-20-12)10-19-17(22)16-14-8-11(18(2,3)4)6-7-15(14)24-21-16/h9,11H,5-8,10H2,1-4H3,(H,19,22)/t11-/m1/s1. The average molecular weight is 331 g/mol. The van der Waals surface area contributed by atoms with Crippen molar-refractivity contribution in [2.75, 3.05) is 0 Å². The minimum atomic E-state index is -0.219. The smallest absolute Gasteiger partial charge is 0.274 e. The monoisotopic (exact) mass is 331 g/mol. The molecule has 1 aliphatic carbocycles. The van der Waals surface area contributed by atoms with Crippen molar-refractivity contribution in [2.45, 2.75) is 59.9 Å². The molecule has 0 saturated heterocycles. The van der Waals surface area contributed by atoms with Crippen molar-refractivity contribution in [3.63, 3.8) is 0 Å². The van der Waals surface area contributed by atoms with Gasteiger partial charge in [-0.1, -0.05) is 38.0 Å². The lowest BCUT2D eigenvalue weighted by atomic mass is 9.71. The van der Waals surface area contributed by atoms with Crippen molar-refractivity contribution in [2.24, 2.45) is 11.3 Å². The van der Waals surface area contributed by atoms with Crippen molar-refractivity contribution in [3.05, 3.63) is 34.5 Å².